The van der Waals surface area contributed by atoms with Crippen LogP contribution in [0.15, 0.2) is 17.0 Å². The maximum atomic E-state index is 12.4. The highest BCUT2D eigenvalue weighted by Crippen LogP contribution is 2.29. The van der Waals surface area contributed by atoms with Crippen LogP contribution in [0.1, 0.15) is 11.1 Å². The topological polar surface area (TPSA) is 72.6 Å². The van der Waals surface area contributed by atoms with Crippen molar-refractivity contribution in [2.24, 2.45) is 5.73 Å². The van der Waals surface area contributed by atoms with Crippen LogP contribution in [0.2, 0.25) is 0 Å². The second-order valence-electron chi connectivity index (χ2n) is 4.20. The Balaban J connectivity index is 3.36. The van der Waals surface area contributed by atoms with Crippen LogP contribution in [0.5, 0.6) is 5.75 Å². The van der Waals surface area contributed by atoms with E-state index < -0.39 is 10.0 Å². The third kappa shape index (κ3) is 2.82. The minimum atomic E-state index is -3.55. The van der Waals surface area contributed by atoms with Crippen molar-refractivity contribution >= 4 is 10.0 Å². The number of hydrogen-bond donors (Lipinski definition) is 1. The summed E-state index contributed by atoms with van der Waals surface area (Å²) in [6, 6.07) is 3.37. The Morgan fingerprint density at radius 2 is 1.83 bits per heavy atom. The predicted octanol–water partition coefficient (Wildman–Crippen LogP) is 0.891. The van der Waals surface area contributed by atoms with Crippen LogP contribution in [0, 0.1) is 13.8 Å². The van der Waals surface area contributed by atoms with E-state index in [0.29, 0.717) is 5.75 Å². The van der Waals surface area contributed by atoms with Crippen molar-refractivity contribution in [1.29, 1.82) is 0 Å². The Hall–Kier alpha value is -1.11. The first-order valence-corrected chi connectivity index (χ1v) is 7.10. The van der Waals surface area contributed by atoms with Crippen LogP contribution in [0.3, 0.4) is 0 Å². The summed E-state index contributed by atoms with van der Waals surface area (Å²) in [5, 5.41) is 0. The highest BCUT2D eigenvalue weighted by molar-refractivity contribution is 7.89. The summed E-state index contributed by atoms with van der Waals surface area (Å²) in [7, 11) is -0.580. The Morgan fingerprint density at radius 1 is 1.28 bits per heavy atom. The van der Waals surface area contributed by atoms with E-state index in [1.165, 1.54) is 18.5 Å². The van der Waals surface area contributed by atoms with Gasteiger partial charge in [0.2, 0.25) is 10.0 Å². The molecule has 18 heavy (non-hydrogen) atoms. The lowest BCUT2D eigenvalue weighted by atomic mass is 10.1. The van der Waals surface area contributed by atoms with Gasteiger partial charge < -0.3 is 10.5 Å². The van der Waals surface area contributed by atoms with Crippen LogP contribution < -0.4 is 10.5 Å². The van der Waals surface area contributed by atoms with E-state index in [1.807, 2.05) is 13.8 Å². The number of ether oxygens (including phenoxy) is 1. The first-order valence-electron chi connectivity index (χ1n) is 5.66. The third-order valence-electron chi connectivity index (χ3n) is 2.91. The summed E-state index contributed by atoms with van der Waals surface area (Å²) in [5.41, 5.74) is 7.30. The summed E-state index contributed by atoms with van der Waals surface area (Å²) in [4.78, 5) is 0.184. The summed E-state index contributed by atoms with van der Waals surface area (Å²) in [5.74, 6) is 0.363. The van der Waals surface area contributed by atoms with Crippen LogP contribution in [0.25, 0.3) is 0 Å². The molecule has 0 aliphatic carbocycles. The molecule has 5 nitrogen and oxygen atoms in total. The van der Waals surface area contributed by atoms with Gasteiger partial charge in [0.15, 0.2) is 0 Å². The molecule has 0 unspecified atom stereocenters. The maximum absolute atomic E-state index is 12.4. The summed E-state index contributed by atoms with van der Waals surface area (Å²) in [6.07, 6.45) is 0. The summed E-state index contributed by atoms with van der Waals surface area (Å²) < 4.78 is 31.1. The zero-order valence-electron chi connectivity index (χ0n) is 11.2. The fraction of sp³-hybridized carbons (Fsp3) is 0.500. The quantitative estimate of drug-likeness (QED) is 0.864. The van der Waals surface area contributed by atoms with Crippen LogP contribution in [-0.4, -0.2) is 40.0 Å². The van der Waals surface area contributed by atoms with Crippen molar-refractivity contribution in [1.82, 2.24) is 4.31 Å². The lowest BCUT2D eigenvalue weighted by Crippen LogP contribution is -2.32. The zero-order valence-corrected chi connectivity index (χ0v) is 12.0. The van der Waals surface area contributed by atoms with Gasteiger partial charge in [0.1, 0.15) is 10.6 Å². The van der Waals surface area contributed by atoms with E-state index in [2.05, 4.69) is 0 Å². The molecule has 0 saturated carbocycles. The van der Waals surface area contributed by atoms with E-state index in [9.17, 15) is 8.42 Å². The SMILES string of the molecule is COc1cc(C)c(C)cc1S(=O)(=O)N(C)CCN. The largest absolute Gasteiger partial charge is 0.495 e. The molecule has 0 atom stereocenters. The molecule has 0 spiro atoms. The van der Waals surface area contributed by atoms with Crippen molar-refractivity contribution in [2.75, 3.05) is 27.2 Å². The van der Waals surface area contributed by atoms with Crippen molar-refractivity contribution in [3.8, 4) is 5.75 Å². The van der Waals surface area contributed by atoms with E-state index in [-0.39, 0.29) is 18.0 Å². The highest BCUT2D eigenvalue weighted by Gasteiger charge is 2.24. The van der Waals surface area contributed by atoms with Gasteiger partial charge in [-0.1, -0.05) is 0 Å². The molecule has 0 bridgehead atoms. The van der Waals surface area contributed by atoms with Gasteiger partial charge in [-0.3, -0.25) is 0 Å². The number of aryl methyl sites for hydroxylation is 2. The van der Waals surface area contributed by atoms with E-state index >= 15 is 0 Å². The average molecular weight is 272 g/mol. The molecule has 0 amide bonds. The van der Waals surface area contributed by atoms with Gasteiger partial charge in [-0.05, 0) is 37.1 Å². The lowest BCUT2D eigenvalue weighted by Gasteiger charge is -2.19. The van der Waals surface area contributed by atoms with Gasteiger partial charge >= 0.3 is 0 Å². The molecule has 6 heteroatoms. The Kier molecular flexibility index (Phi) is 4.72. The van der Waals surface area contributed by atoms with Crippen molar-refractivity contribution in [3.05, 3.63) is 23.3 Å². The smallest absolute Gasteiger partial charge is 0.246 e. The van der Waals surface area contributed by atoms with Crippen LogP contribution >= 0.6 is 0 Å². The second-order valence-corrected chi connectivity index (χ2v) is 6.22. The molecule has 1 aromatic carbocycles. The van der Waals surface area contributed by atoms with Crippen molar-refractivity contribution < 1.29 is 13.2 Å². The second kappa shape index (κ2) is 5.69. The molecule has 0 aliphatic heterocycles. The fourth-order valence-electron chi connectivity index (χ4n) is 1.59. The normalized spacial score (nSPS) is 11.9. The Bertz CT molecular complexity index is 526. The number of methoxy groups -OCH3 is 1. The van der Waals surface area contributed by atoms with Gasteiger partial charge in [-0.25, -0.2) is 8.42 Å². The number of nitrogens with zero attached hydrogens (tertiary/aromatic N) is 1. The standard InChI is InChI=1S/C12H20N2O3S/c1-9-7-11(17-4)12(8-10(9)2)18(15,16)14(3)6-5-13/h7-8H,5-6,13H2,1-4H3. The number of rotatable bonds is 5. The molecule has 0 aromatic heterocycles. The Labute approximate surface area is 109 Å². The minimum Gasteiger partial charge on any atom is -0.495 e. The van der Waals surface area contributed by atoms with Crippen LogP contribution in [-0.2, 0) is 10.0 Å². The van der Waals surface area contributed by atoms with Crippen molar-refractivity contribution in [2.45, 2.75) is 18.7 Å². The third-order valence-corrected chi connectivity index (χ3v) is 4.79. The number of hydrogen-bond acceptors (Lipinski definition) is 4. The van der Waals surface area contributed by atoms with Gasteiger partial charge in [-0.15, -0.1) is 0 Å². The van der Waals surface area contributed by atoms with Crippen molar-refractivity contribution in [3.63, 3.8) is 0 Å². The number of sulfonamides is 1. The molecular formula is C12H20N2O3S. The zero-order chi connectivity index (χ0) is 13.9. The maximum Gasteiger partial charge on any atom is 0.246 e. The van der Waals surface area contributed by atoms with Crippen LogP contribution in [0.4, 0.5) is 0 Å². The molecule has 1 rings (SSSR count). The summed E-state index contributed by atoms with van der Waals surface area (Å²) >= 11 is 0. The highest BCUT2D eigenvalue weighted by atomic mass is 32.2. The molecule has 102 valence electrons. The molecular weight excluding hydrogens is 252 g/mol. The Morgan fingerprint density at radius 3 is 2.33 bits per heavy atom. The monoisotopic (exact) mass is 272 g/mol. The number of benzene rings is 1. The minimum absolute atomic E-state index is 0.184. The van der Waals surface area contributed by atoms with E-state index in [0.717, 1.165) is 11.1 Å². The summed E-state index contributed by atoms with van der Waals surface area (Å²) in [6.45, 7) is 4.34. The first kappa shape index (κ1) is 14.9. The molecule has 2 N–H and O–H groups in total. The number of likely N-dealkylation sites (N-methyl/N-ethyl adjacent to an activating group) is 1. The molecule has 0 radical (unpaired) electrons. The predicted molar refractivity (Wildman–Crippen MR) is 71.3 cm³/mol. The average Bonchev–Trinajstić information content (AvgIpc) is 2.32. The van der Waals surface area contributed by atoms with Gasteiger partial charge in [-0.2, -0.15) is 4.31 Å². The first-order chi connectivity index (χ1) is 8.34. The van der Waals surface area contributed by atoms with E-state index in [1.54, 1.807) is 12.1 Å². The lowest BCUT2D eigenvalue weighted by molar-refractivity contribution is 0.398. The molecule has 0 heterocycles. The molecule has 1 aromatic rings. The fourth-order valence-corrected chi connectivity index (χ4v) is 3.00. The van der Waals surface area contributed by atoms with Gasteiger partial charge in [0.25, 0.3) is 0 Å². The number of nitrogens with two attached hydrogens (primary N) is 1. The molecule has 0 aliphatic rings. The molecule has 0 fully saturated rings. The van der Waals surface area contributed by atoms with Gasteiger partial charge in [0, 0.05) is 20.1 Å². The molecule has 0 saturated heterocycles. The van der Waals surface area contributed by atoms with E-state index in [4.69, 9.17) is 10.5 Å². The van der Waals surface area contributed by atoms with Gasteiger partial charge in [0.05, 0.1) is 7.11 Å².